The summed E-state index contributed by atoms with van der Waals surface area (Å²) >= 11 is 0. The van der Waals surface area contributed by atoms with Crippen LogP contribution in [0.1, 0.15) is 24.8 Å². The molecule has 1 aromatic heterocycles. The molecular weight excluding hydrogens is 356 g/mol. The molecule has 0 aliphatic heterocycles. The van der Waals surface area contributed by atoms with E-state index in [2.05, 4.69) is 20.8 Å². The van der Waals surface area contributed by atoms with Crippen molar-refractivity contribution in [1.82, 2.24) is 15.5 Å². The second kappa shape index (κ2) is 8.94. The number of anilines is 1. The minimum Gasteiger partial charge on any atom is -0.421 e. The van der Waals surface area contributed by atoms with Gasteiger partial charge in [-0.05, 0) is 49.6 Å². The molecule has 3 aromatic rings. The van der Waals surface area contributed by atoms with Crippen molar-refractivity contribution in [3.05, 3.63) is 66.1 Å². The van der Waals surface area contributed by atoms with E-state index in [-0.39, 0.29) is 6.04 Å². The first-order valence-electron chi connectivity index (χ1n) is 9.07. The molecule has 1 atom stereocenters. The molecule has 0 fully saturated rings. The Morgan fingerprint density at radius 3 is 2.36 bits per heavy atom. The number of amides is 2. The second-order valence-electron chi connectivity index (χ2n) is 6.56. The van der Waals surface area contributed by atoms with Crippen molar-refractivity contribution in [2.75, 3.05) is 5.32 Å². The van der Waals surface area contributed by atoms with E-state index in [1.54, 1.807) is 31.2 Å². The molecule has 0 saturated carbocycles. The van der Waals surface area contributed by atoms with Gasteiger partial charge in [-0.15, -0.1) is 10.2 Å². The van der Waals surface area contributed by atoms with Crippen LogP contribution in [0.3, 0.4) is 0 Å². The number of aryl methyl sites for hydroxylation is 2. The van der Waals surface area contributed by atoms with Gasteiger partial charge in [-0.2, -0.15) is 0 Å². The van der Waals surface area contributed by atoms with E-state index in [0.717, 1.165) is 18.4 Å². The first kappa shape index (κ1) is 19.3. The fourth-order valence-electron chi connectivity index (χ4n) is 2.69. The van der Waals surface area contributed by atoms with E-state index in [4.69, 9.17) is 4.42 Å². The van der Waals surface area contributed by atoms with Crippen LogP contribution in [-0.4, -0.2) is 28.1 Å². The molecule has 0 radical (unpaired) electrons. The van der Waals surface area contributed by atoms with E-state index in [9.17, 15) is 9.59 Å². The molecule has 0 bridgehead atoms. The van der Waals surface area contributed by atoms with Crippen molar-refractivity contribution in [3.8, 4) is 11.5 Å². The van der Waals surface area contributed by atoms with Crippen LogP contribution in [0, 0.1) is 6.92 Å². The van der Waals surface area contributed by atoms with Gasteiger partial charge in [0.1, 0.15) is 0 Å². The Morgan fingerprint density at radius 2 is 1.71 bits per heavy atom. The number of nitrogens with zero attached hydrogens (tertiary/aromatic N) is 2. The summed E-state index contributed by atoms with van der Waals surface area (Å²) in [6.07, 6.45) is 1.59. The molecule has 2 aromatic carbocycles. The lowest BCUT2D eigenvalue weighted by Gasteiger charge is -2.13. The molecule has 7 nitrogen and oxygen atoms in total. The van der Waals surface area contributed by atoms with E-state index >= 15 is 0 Å². The van der Waals surface area contributed by atoms with Crippen LogP contribution in [0.4, 0.5) is 5.69 Å². The SMILES string of the molecule is Cc1nnc(-c2ccc(NC(=O)C(=O)N[C@@H](C)CCc3ccccc3)cc2)o1. The standard InChI is InChI=1S/C21H22N4O3/c1-14(8-9-16-6-4-3-5-7-16)22-19(26)20(27)23-18-12-10-17(11-13-18)21-25-24-15(2)28-21/h3-7,10-14H,8-9H2,1-2H3,(H,22,26)(H,23,27)/t14-/m0/s1. The van der Waals surface area contributed by atoms with Crippen LogP contribution in [0.25, 0.3) is 11.5 Å². The van der Waals surface area contributed by atoms with Gasteiger partial charge in [-0.25, -0.2) is 0 Å². The van der Waals surface area contributed by atoms with Gasteiger partial charge in [-0.3, -0.25) is 9.59 Å². The predicted molar refractivity (Wildman–Crippen MR) is 105 cm³/mol. The van der Waals surface area contributed by atoms with Crippen LogP contribution in [-0.2, 0) is 16.0 Å². The van der Waals surface area contributed by atoms with E-state index in [1.807, 2.05) is 37.3 Å². The number of aromatic nitrogens is 2. The molecule has 144 valence electrons. The molecule has 2 N–H and O–H groups in total. The number of rotatable bonds is 6. The summed E-state index contributed by atoms with van der Waals surface area (Å²) in [5, 5.41) is 13.0. The van der Waals surface area contributed by atoms with Crippen molar-refractivity contribution in [2.24, 2.45) is 0 Å². The minimum absolute atomic E-state index is 0.110. The molecule has 7 heteroatoms. The van der Waals surface area contributed by atoms with Gasteiger partial charge in [-0.1, -0.05) is 30.3 Å². The summed E-state index contributed by atoms with van der Waals surface area (Å²) in [7, 11) is 0. The van der Waals surface area contributed by atoms with Gasteiger partial charge in [0.15, 0.2) is 0 Å². The summed E-state index contributed by atoms with van der Waals surface area (Å²) in [4.78, 5) is 24.2. The van der Waals surface area contributed by atoms with Gasteiger partial charge >= 0.3 is 11.8 Å². The van der Waals surface area contributed by atoms with Crippen molar-refractivity contribution in [2.45, 2.75) is 32.7 Å². The largest absolute Gasteiger partial charge is 0.421 e. The maximum absolute atomic E-state index is 12.1. The maximum atomic E-state index is 12.1. The van der Waals surface area contributed by atoms with Gasteiger partial charge in [0, 0.05) is 24.2 Å². The summed E-state index contributed by atoms with van der Waals surface area (Å²) in [5.74, 6) is -0.476. The Bertz CT molecular complexity index is 936. The summed E-state index contributed by atoms with van der Waals surface area (Å²) < 4.78 is 5.35. The fraction of sp³-hybridized carbons (Fsp3) is 0.238. The molecule has 0 spiro atoms. The summed E-state index contributed by atoms with van der Waals surface area (Å²) in [6.45, 7) is 3.60. The molecule has 3 rings (SSSR count). The van der Waals surface area contributed by atoms with Crippen LogP contribution in [0.5, 0.6) is 0 Å². The number of benzene rings is 2. The normalized spacial score (nSPS) is 11.6. The van der Waals surface area contributed by atoms with Crippen molar-refractivity contribution in [1.29, 1.82) is 0 Å². The third-order valence-electron chi connectivity index (χ3n) is 4.21. The first-order valence-corrected chi connectivity index (χ1v) is 9.07. The van der Waals surface area contributed by atoms with Crippen LogP contribution in [0.15, 0.2) is 59.0 Å². The number of hydrogen-bond donors (Lipinski definition) is 2. The zero-order chi connectivity index (χ0) is 19.9. The average molecular weight is 378 g/mol. The van der Waals surface area contributed by atoms with Crippen LogP contribution < -0.4 is 10.6 Å². The lowest BCUT2D eigenvalue weighted by molar-refractivity contribution is -0.136. The Kier molecular flexibility index (Phi) is 6.16. The highest BCUT2D eigenvalue weighted by molar-refractivity contribution is 6.39. The predicted octanol–water partition coefficient (Wildman–Crippen LogP) is 3.12. The lowest BCUT2D eigenvalue weighted by Crippen LogP contribution is -2.40. The molecular formula is C21H22N4O3. The van der Waals surface area contributed by atoms with E-state index in [0.29, 0.717) is 17.5 Å². The zero-order valence-corrected chi connectivity index (χ0v) is 15.8. The molecule has 0 unspecified atom stereocenters. The van der Waals surface area contributed by atoms with E-state index < -0.39 is 11.8 Å². The first-order chi connectivity index (χ1) is 13.5. The average Bonchev–Trinajstić information content (AvgIpc) is 3.14. The number of hydrogen-bond acceptors (Lipinski definition) is 5. The number of carbonyl (C=O) groups is 2. The van der Waals surface area contributed by atoms with Crippen molar-refractivity contribution >= 4 is 17.5 Å². The third kappa shape index (κ3) is 5.26. The number of nitrogens with one attached hydrogen (secondary N) is 2. The Morgan fingerprint density at radius 1 is 1.00 bits per heavy atom. The monoisotopic (exact) mass is 378 g/mol. The highest BCUT2D eigenvalue weighted by atomic mass is 16.4. The van der Waals surface area contributed by atoms with E-state index in [1.165, 1.54) is 5.56 Å². The minimum atomic E-state index is -0.701. The van der Waals surface area contributed by atoms with Gasteiger partial charge in [0.05, 0.1) is 0 Å². The maximum Gasteiger partial charge on any atom is 0.313 e. The quantitative estimate of drug-likeness (QED) is 0.642. The lowest BCUT2D eigenvalue weighted by atomic mass is 10.1. The van der Waals surface area contributed by atoms with Gasteiger partial charge in [0.2, 0.25) is 11.8 Å². The molecule has 28 heavy (non-hydrogen) atoms. The van der Waals surface area contributed by atoms with Crippen molar-refractivity contribution < 1.29 is 14.0 Å². The Hall–Kier alpha value is -3.48. The molecule has 0 aliphatic carbocycles. The fourth-order valence-corrected chi connectivity index (χ4v) is 2.69. The topological polar surface area (TPSA) is 97.1 Å². The van der Waals surface area contributed by atoms with Crippen molar-refractivity contribution in [3.63, 3.8) is 0 Å². The molecule has 0 saturated heterocycles. The Balaban J connectivity index is 1.49. The van der Waals surface area contributed by atoms with Gasteiger partial charge < -0.3 is 15.1 Å². The third-order valence-corrected chi connectivity index (χ3v) is 4.21. The van der Waals surface area contributed by atoms with Gasteiger partial charge in [0.25, 0.3) is 0 Å². The zero-order valence-electron chi connectivity index (χ0n) is 15.8. The summed E-state index contributed by atoms with van der Waals surface area (Å²) in [6, 6.07) is 16.7. The second-order valence-corrected chi connectivity index (χ2v) is 6.56. The molecule has 2 amide bonds. The molecule has 0 aliphatic rings. The number of carbonyl (C=O) groups excluding carboxylic acids is 2. The highest BCUT2D eigenvalue weighted by Gasteiger charge is 2.16. The molecule has 1 heterocycles. The van der Waals surface area contributed by atoms with Crippen LogP contribution in [0.2, 0.25) is 0 Å². The smallest absolute Gasteiger partial charge is 0.313 e. The highest BCUT2D eigenvalue weighted by Crippen LogP contribution is 2.20. The Labute approximate surface area is 163 Å². The summed E-state index contributed by atoms with van der Waals surface area (Å²) in [5.41, 5.74) is 2.44. The van der Waals surface area contributed by atoms with Crippen LogP contribution >= 0.6 is 0 Å².